The largest absolute Gasteiger partial charge is 0.416 e. The maximum absolute atomic E-state index is 13.9. The van der Waals surface area contributed by atoms with Crippen LogP contribution in [0.3, 0.4) is 0 Å². The maximum atomic E-state index is 13.9. The van der Waals surface area contributed by atoms with Gasteiger partial charge in [-0.05, 0) is 49.7 Å². The average molecular weight is 649 g/mol. The highest BCUT2D eigenvalue weighted by atomic mass is 35.5. The van der Waals surface area contributed by atoms with Gasteiger partial charge in [-0.25, -0.2) is 13.4 Å². The second kappa shape index (κ2) is 11.3. The highest BCUT2D eigenvalue weighted by Crippen LogP contribution is 2.42. The number of carbonyl (C=O) groups is 1. The molecule has 2 heterocycles. The van der Waals surface area contributed by atoms with Gasteiger partial charge < -0.3 is 9.80 Å². The van der Waals surface area contributed by atoms with Gasteiger partial charge in [-0.15, -0.1) is 0 Å². The van der Waals surface area contributed by atoms with Crippen molar-refractivity contribution in [2.75, 3.05) is 42.9 Å². The Bertz CT molecular complexity index is 1630. The summed E-state index contributed by atoms with van der Waals surface area (Å²) in [4.78, 5) is 21.1. The van der Waals surface area contributed by atoms with E-state index in [1.807, 2.05) is 0 Å². The van der Waals surface area contributed by atoms with Crippen LogP contribution < -0.4 is 9.80 Å². The molecule has 0 radical (unpaired) electrons. The van der Waals surface area contributed by atoms with Gasteiger partial charge in [-0.3, -0.25) is 4.79 Å². The lowest BCUT2D eigenvalue weighted by atomic mass is 9.81. The number of alkyl halides is 6. The van der Waals surface area contributed by atoms with Gasteiger partial charge in [0.05, 0.1) is 40.8 Å². The van der Waals surface area contributed by atoms with Gasteiger partial charge in [0, 0.05) is 36.8 Å². The van der Waals surface area contributed by atoms with Gasteiger partial charge in [0.1, 0.15) is 5.82 Å². The van der Waals surface area contributed by atoms with Gasteiger partial charge >= 0.3 is 12.4 Å². The molecule has 1 aliphatic rings. The number of sulfonamides is 1. The Morgan fingerprint density at radius 2 is 1.49 bits per heavy atom. The van der Waals surface area contributed by atoms with Gasteiger partial charge in [0.25, 0.3) is 0 Å². The second-order valence-electron chi connectivity index (χ2n) is 10.6. The van der Waals surface area contributed by atoms with E-state index < -0.39 is 50.4 Å². The number of benzene rings is 2. The lowest BCUT2D eigenvalue weighted by molar-refractivity contribution is -0.143. The number of carbonyl (C=O) groups excluding carboxylic acids is 1. The molecule has 1 aromatic heterocycles. The van der Waals surface area contributed by atoms with E-state index in [2.05, 4.69) is 4.98 Å². The lowest BCUT2D eigenvalue weighted by Crippen LogP contribution is -2.49. The van der Waals surface area contributed by atoms with Crippen molar-refractivity contribution in [1.82, 2.24) is 9.29 Å². The van der Waals surface area contributed by atoms with Crippen LogP contribution in [0.15, 0.2) is 54.7 Å². The molecule has 3 aromatic rings. The number of amides is 1. The summed E-state index contributed by atoms with van der Waals surface area (Å²) in [6, 6.07) is 9.34. The number of pyridine rings is 1. The number of anilines is 2. The van der Waals surface area contributed by atoms with Crippen molar-refractivity contribution < 1.29 is 39.6 Å². The zero-order chi connectivity index (χ0) is 32.1. The Morgan fingerprint density at radius 1 is 0.930 bits per heavy atom. The number of hydrogen-bond acceptors (Lipinski definition) is 5. The molecule has 43 heavy (non-hydrogen) atoms. The van der Waals surface area contributed by atoms with Gasteiger partial charge in [0.15, 0.2) is 0 Å². The van der Waals surface area contributed by atoms with Crippen molar-refractivity contribution in [2.45, 2.75) is 31.6 Å². The first-order chi connectivity index (χ1) is 19.7. The molecule has 0 aliphatic carbocycles. The van der Waals surface area contributed by atoms with Crippen LogP contribution in [0.4, 0.5) is 37.8 Å². The molecular formula is C28H27ClF6N4O3S. The minimum Gasteiger partial charge on any atom is -0.342 e. The summed E-state index contributed by atoms with van der Waals surface area (Å²) in [6.07, 6.45) is -8.84. The molecule has 1 aliphatic heterocycles. The maximum Gasteiger partial charge on any atom is 0.416 e. The zero-order valence-electron chi connectivity index (χ0n) is 23.4. The lowest BCUT2D eigenvalue weighted by Gasteiger charge is -2.35. The first-order valence-corrected chi connectivity index (χ1v) is 14.7. The van der Waals surface area contributed by atoms with Crippen molar-refractivity contribution in [3.05, 3.63) is 76.4 Å². The zero-order valence-corrected chi connectivity index (χ0v) is 25.0. The second-order valence-corrected chi connectivity index (χ2v) is 13.2. The predicted octanol–water partition coefficient (Wildman–Crippen LogP) is 6.42. The smallest absolute Gasteiger partial charge is 0.342 e. The van der Waals surface area contributed by atoms with Crippen LogP contribution in [-0.4, -0.2) is 56.7 Å². The summed E-state index contributed by atoms with van der Waals surface area (Å²) in [5.41, 5.74) is -4.36. The Kier molecular flexibility index (Phi) is 8.55. The molecule has 1 saturated heterocycles. The van der Waals surface area contributed by atoms with Crippen molar-refractivity contribution >= 4 is 39.0 Å². The Labute approximate surface area is 249 Å². The highest BCUT2D eigenvalue weighted by Gasteiger charge is 2.41. The van der Waals surface area contributed by atoms with Gasteiger partial charge in [0.2, 0.25) is 15.9 Å². The molecule has 2 aromatic carbocycles. The Morgan fingerprint density at radius 3 is 2.02 bits per heavy atom. The molecule has 0 spiro atoms. The van der Waals surface area contributed by atoms with Crippen molar-refractivity contribution in [2.24, 2.45) is 0 Å². The fourth-order valence-electron chi connectivity index (χ4n) is 4.71. The van der Waals surface area contributed by atoms with E-state index >= 15 is 0 Å². The number of halogens is 7. The first-order valence-electron chi connectivity index (χ1n) is 12.8. The van der Waals surface area contributed by atoms with Crippen LogP contribution in [0.1, 0.15) is 30.5 Å². The summed E-state index contributed by atoms with van der Waals surface area (Å²) in [5, 5.41) is 0.298. The molecule has 7 nitrogen and oxygen atoms in total. The van der Waals surface area contributed by atoms with E-state index in [4.69, 9.17) is 11.6 Å². The fourth-order valence-corrected chi connectivity index (χ4v) is 6.02. The molecule has 15 heteroatoms. The number of likely N-dealkylation sites (N-methyl/N-ethyl adjacent to an activating group) is 1. The summed E-state index contributed by atoms with van der Waals surface area (Å²) in [5.74, 6) is -0.600. The van der Waals surface area contributed by atoms with Crippen LogP contribution in [0.25, 0.3) is 11.1 Å². The third-order valence-corrected chi connectivity index (χ3v) is 9.42. The summed E-state index contributed by atoms with van der Waals surface area (Å²) in [7, 11) is -0.661. The van der Waals surface area contributed by atoms with Gasteiger partial charge in [-0.1, -0.05) is 29.8 Å². The molecule has 4 rings (SSSR count). The first kappa shape index (κ1) is 32.6. The molecular weight excluding hydrogens is 622 g/mol. The summed E-state index contributed by atoms with van der Waals surface area (Å²) >= 11 is 6.48. The number of hydrogen-bond donors (Lipinski definition) is 0. The molecule has 0 saturated carbocycles. The SMILES string of the molecule is CN(C(=O)C(C)(C)c1cc(C(F)(F)F)cc(C(F)(F)F)c1)c1cnc(N2CCS(=O)(=O)N(C)C2)cc1-c1ccccc1Cl. The van der Waals surface area contributed by atoms with E-state index in [0.29, 0.717) is 34.1 Å². The van der Waals surface area contributed by atoms with Crippen LogP contribution in [0.2, 0.25) is 5.02 Å². The fraction of sp³-hybridized carbons (Fsp3) is 0.357. The van der Waals surface area contributed by atoms with E-state index in [-0.39, 0.29) is 30.7 Å². The normalized spacial score (nSPS) is 16.3. The average Bonchev–Trinajstić information content (AvgIpc) is 2.92. The van der Waals surface area contributed by atoms with Crippen molar-refractivity contribution in [3.63, 3.8) is 0 Å². The monoisotopic (exact) mass is 648 g/mol. The summed E-state index contributed by atoms with van der Waals surface area (Å²) in [6.45, 7) is 2.63. The molecule has 0 N–H and O–H groups in total. The Balaban J connectivity index is 1.81. The molecule has 1 amide bonds. The van der Waals surface area contributed by atoms with Crippen LogP contribution >= 0.6 is 11.6 Å². The number of rotatable bonds is 5. The standard InChI is InChI=1S/C28H27ClF6N4O3S/c1-26(2,17-11-18(27(30,31)32)13-19(12-17)28(33,34)35)25(40)38(4)23-15-36-24(39-9-10-43(41,42)37(3)16-39)14-21(23)20-7-5-6-8-22(20)29/h5-8,11-15H,9-10,16H2,1-4H3. The Hall–Kier alpha value is -3.36. The highest BCUT2D eigenvalue weighted by molar-refractivity contribution is 7.89. The molecule has 1 fully saturated rings. The summed E-state index contributed by atoms with van der Waals surface area (Å²) < 4.78 is 107. The topological polar surface area (TPSA) is 73.8 Å². The minimum atomic E-state index is -5.08. The number of aromatic nitrogens is 1. The van der Waals surface area contributed by atoms with Crippen molar-refractivity contribution in [1.29, 1.82) is 0 Å². The molecule has 0 atom stereocenters. The number of nitrogens with zero attached hydrogens (tertiary/aromatic N) is 4. The third-order valence-electron chi connectivity index (χ3n) is 7.33. The van der Waals surface area contributed by atoms with Gasteiger partial charge in [-0.2, -0.15) is 30.6 Å². The van der Waals surface area contributed by atoms with Crippen molar-refractivity contribution in [3.8, 4) is 11.1 Å². The van der Waals surface area contributed by atoms with Crippen LogP contribution in [0, 0.1) is 0 Å². The molecule has 232 valence electrons. The minimum absolute atomic E-state index is 0.00911. The van der Waals surface area contributed by atoms with E-state index in [1.165, 1.54) is 38.4 Å². The quantitative estimate of drug-likeness (QED) is 0.299. The molecule has 0 unspecified atom stereocenters. The predicted molar refractivity (Wildman–Crippen MR) is 151 cm³/mol. The van der Waals surface area contributed by atoms with E-state index in [1.54, 1.807) is 35.2 Å². The van der Waals surface area contributed by atoms with Crippen LogP contribution in [0.5, 0.6) is 0 Å². The van der Waals surface area contributed by atoms with E-state index in [9.17, 15) is 39.6 Å². The van der Waals surface area contributed by atoms with E-state index in [0.717, 1.165) is 4.90 Å². The molecule has 0 bridgehead atoms. The van der Waals surface area contributed by atoms with Crippen LogP contribution in [-0.2, 0) is 32.6 Å². The third kappa shape index (κ3) is 6.60.